The minimum absolute atomic E-state index is 0.00129. The SMILES string of the molecule is NCc1cc(CN2C(=O)C3CCCC3C2=O)ccn1. The van der Waals surface area contributed by atoms with Crippen molar-refractivity contribution in [2.24, 2.45) is 17.6 Å². The first kappa shape index (κ1) is 12.3. The molecule has 5 heteroatoms. The molecule has 100 valence electrons. The van der Waals surface area contributed by atoms with Gasteiger partial charge in [-0.05, 0) is 30.5 Å². The molecule has 19 heavy (non-hydrogen) atoms. The van der Waals surface area contributed by atoms with Crippen LogP contribution >= 0.6 is 0 Å². The van der Waals surface area contributed by atoms with Crippen LogP contribution in [0, 0.1) is 11.8 Å². The number of carbonyl (C=O) groups is 2. The molecule has 1 aromatic rings. The monoisotopic (exact) mass is 259 g/mol. The van der Waals surface area contributed by atoms with Crippen molar-refractivity contribution in [2.75, 3.05) is 0 Å². The molecule has 0 spiro atoms. The average molecular weight is 259 g/mol. The van der Waals surface area contributed by atoms with Crippen molar-refractivity contribution in [1.29, 1.82) is 0 Å². The quantitative estimate of drug-likeness (QED) is 0.815. The van der Waals surface area contributed by atoms with Crippen molar-refractivity contribution < 1.29 is 9.59 Å². The van der Waals surface area contributed by atoms with Gasteiger partial charge in [0, 0.05) is 12.7 Å². The molecular formula is C14H17N3O2. The minimum Gasteiger partial charge on any atom is -0.325 e. The number of pyridine rings is 1. The Labute approximate surface area is 111 Å². The number of rotatable bonds is 3. The Bertz CT molecular complexity index is 507. The van der Waals surface area contributed by atoms with E-state index in [-0.39, 0.29) is 23.7 Å². The first-order valence-electron chi connectivity index (χ1n) is 6.70. The molecule has 0 radical (unpaired) electrons. The second-order valence-corrected chi connectivity index (χ2v) is 5.27. The van der Waals surface area contributed by atoms with Gasteiger partial charge in [-0.25, -0.2) is 0 Å². The van der Waals surface area contributed by atoms with Crippen LogP contribution in [0.5, 0.6) is 0 Å². The van der Waals surface area contributed by atoms with Gasteiger partial charge in [-0.1, -0.05) is 6.42 Å². The second-order valence-electron chi connectivity index (χ2n) is 5.27. The van der Waals surface area contributed by atoms with Crippen LogP contribution in [0.2, 0.25) is 0 Å². The Morgan fingerprint density at radius 3 is 2.58 bits per heavy atom. The highest BCUT2D eigenvalue weighted by Gasteiger charge is 2.49. The summed E-state index contributed by atoms with van der Waals surface area (Å²) < 4.78 is 0. The molecule has 3 rings (SSSR count). The lowest BCUT2D eigenvalue weighted by molar-refractivity contribution is -0.141. The molecule has 2 amide bonds. The maximum atomic E-state index is 12.2. The van der Waals surface area contributed by atoms with Crippen LogP contribution in [0.4, 0.5) is 0 Å². The van der Waals surface area contributed by atoms with E-state index in [0.717, 1.165) is 30.5 Å². The van der Waals surface area contributed by atoms with Gasteiger partial charge < -0.3 is 5.73 Å². The Balaban J connectivity index is 1.79. The van der Waals surface area contributed by atoms with Crippen molar-refractivity contribution in [2.45, 2.75) is 32.4 Å². The Kier molecular flexibility index (Phi) is 3.06. The maximum absolute atomic E-state index is 12.2. The van der Waals surface area contributed by atoms with Crippen LogP contribution < -0.4 is 5.73 Å². The topological polar surface area (TPSA) is 76.3 Å². The van der Waals surface area contributed by atoms with Gasteiger partial charge in [-0.3, -0.25) is 19.5 Å². The normalized spacial score (nSPS) is 26.1. The Morgan fingerprint density at radius 2 is 1.95 bits per heavy atom. The number of aromatic nitrogens is 1. The molecule has 2 fully saturated rings. The van der Waals surface area contributed by atoms with Gasteiger partial charge in [-0.15, -0.1) is 0 Å². The van der Waals surface area contributed by atoms with Gasteiger partial charge in [0.05, 0.1) is 24.1 Å². The summed E-state index contributed by atoms with van der Waals surface area (Å²) in [5.41, 5.74) is 7.24. The van der Waals surface area contributed by atoms with E-state index in [2.05, 4.69) is 4.98 Å². The van der Waals surface area contributed by atoms with E-state index in [1.54, 1.807) is 6.20 Å². The van der Waals surface area contributed by atoms with Crippen LogP contribution in [0.15, 0.2) is 18.3 Å². The minimum atomic E-state index is -0.0664. The number of nitrogens with zero attached hydrogens (tertiary/aromatic N) is 2. The second kappa shape index (κ2) is 4.74. The van der Waals surface area contributed by atoms with Crippen LogP contribution in [0.1, 0.15) is 30.5 Å². The van der Waals surface area contributed by atoms with E-state index in [4.69, 9.17) is 5.73 Å². The molecule has 2 aliphatic rings. The predicted octanol–water partition coefficient (Wildman–Crippen LogP) is 0.825. The van der Waals surface area contributed by atoms with E-state index in [9.17, 15) is 9.59 Å². The summed E-state index contributed by atoms with van der Waals surface area (Å²) in [6.45, 7) is 0.709. The highest BCUT2D eigenvalue weighted by Crippen LogP contribution is 2.40. The molecule has 5 nitrogen and oxygen atoms in total. The number of hydrogen-bond donors (Lipinski definition) is 1. The largest absolute Gasteiger partial charge is 0.325 e. The third-order valence-electron chi connectivity index (χ3n) is 4.11. The Hall–Kier alpha value is -1.75. The van der Waals surface area contributed by atoms with Crippen LogP contribution in [0.3, 0.4) is 0 Å². The third-order valence-corrected chi connectivity index (χ3v) is 4.11. The molecule has 1 saturated heterocycles. The first-order valence-corrected chi connectivity index (χ1v) is 6.70. The fourth-order valence-corrected chi connectivity index (χ4v) is 3.14. The molecule has 1 aromatic heterocycles. The molecule has 1 aliphatic heterocycles. The highest BCUT2D eigenvalue weighted by atomic mass is 16.2. The zero-order chi connectivity index (χ0) is 13.4. The summed E-state index contributed by atoms with van der Waals surface area (Å²) in [7, 11) is 0. The summed E-state index contributed by atoms with van der Waals surface area (Å²) in [5.74, 6) is -0.135. The van der Waals surface area contributed by atoms with E-state index in [1.165, 1.54) is 4.90 Å². The van der Waals surface area contributed by atoms with Crippen LogP contribution in [-0.4, -0.2) is 21.7 Å². The van der Waals surface area contributed by atoms with Crippen molar-refractivity contribution >= 4 is 11.8 Å². The molecule has 1 saturated carbocycles. The van der Waals surface area contributed by atoms with Gasteiger partial charge in [0.2, 0.25) is 11.8 Å². The Morgan fingerprint density at radius 1 is 1.26 bits per heavy atom. The fourth-order valence-electron chi connectivity index (χ4n) is 3.14. The molecule has 0 bridgehead atoms. The summed E-state index contributed by atoms with van der Waals surface area (Å²) in [4.78, 5) is 30.0. The van der Waals surface area contributed by atoms with Crippen LogP contribution in [0.25, 0.3) is 0 Å². The number of likely N-dealkylation sites (tertiary alicyclic amines) is 1. The van der Waals surface area contributed by atoms with Crippen molar-refractivity contribution in [3.8, 4) is 0 Å². The lowest BCUT2D eigenvalue weighted by Gasteiger charge is -2.16. The number of carbonyl (C=O) groups excluding carboxylic acids is 2. The van der Waals surface area contributed by atoms with Gasteiger partial charge >= 0.3 is 0 Å². The molecule has 2 unspecified atom stereocenters. The lowest BCUT2D eigenvalue weighted by Crippen LogP contribution is -2.31. The van der Waals surface area contributed by atoms with Crippen molar-refractivity contribution in [3.63, 3.8) is 0 Å². The van der Waals surface area contributed by atoms with Gasteiger partial charge in [-0.2, -0.15) is 0 Å². The standard InChI is InChI=1S/C14H17N3O2/c15-7-10-6-9(4-5-16-10)8-17-13(18)11-2-1-3-12(11)14(17)19/h4-6,11-12H,1-3,7-8,15H2. The smallest absolute Gasteiger partial charge is 0.233 e. The van der Waals surface area contributed by atoms with E-state index >= 15 is 0 Å². The number of hydrogen-bond acceptors (Lipinski definition) is 4. The molecule has 0 aromatic carbocycles. The summed E-state index contributed by atoms with van der Waals surface area (Å²) in [6.07, 6.45) is 4.38. The summed E-state index contributed by atoms with van der Waals surface area (Å²) in [6, 6.07) is 3.68. The highest BCUT2D eigenvalue weighted by molar-refractivity contribution is 6.05. The third kappa shape index (κ3) is 2.04. The lowest BCUT2D eigenvalue weighted by atomic mass is 10.00. The number of fused-ring (bicyclic) bond motifs is 1. The summed E-state index contributed by atoms with van der Waals surface area (Å²) in [5, 5.41) is 0. The van der Waals surface area contributed by atoms with Gasteiger partial charge in [0.1, 0.15) is 0 Å². The summed E-state index contributed by atoms with van der Waals surface area (Å²) >= 11 is 0. The van der Waals surface area contributed by atoms with Gasteiger partial charge in [0.15, 0.2) is 0 Å². The molecule has 2 heterocycles. The van der Waals surface area contributed by atoms with E-state index < -0.39 is 0 Å². The van der Waals surface area contributed by atoms with Crippen LogP contribution in [-0.2, 0) is 22.7 Å². The fraction of sp³-hybridized carbons (Fsp3) is 0.500. The zero-order valence-electron chi connectivity index (χ0n) is 10.7. The number of imide groups is 1. The zero-order valence-corrected chi connectivity index (χ0v) is 10.7. The predicted molar refractivity (Wildman–Crippen MR) is 68.5 cm³/mol. The van der Waals surface area contributed by atoms with E-state index in [1.807, 2.05) is 12.1 Å². The van der Waals surface area contributed by atoms with Crippen molar-refractivity contribution in [3.05, 3.63) is 29.6 Å². The van der Waals surface area contributed by atoms with E-state index in [0.29, 0.717) is 13.1 Å². The first-order chi connectivity index (χ1) is 9.20. The maximum Gasteiger partial charge on any atom is 0.233 e. The molecule has 2 atom stereocenters. The molecule has 2 N–H and O–H groups in total. The molecule has 1 aliphatic carbocycles. The average Bonchev–Trinajstić information content (AvgIpc) is 2.99. The number of nitrogens with two attached hydrogens (primary N) is 1. The van der Waals surface area contributed by atoms with Gasteiger partial charge in [0.25, 0.3) is 0 Å². The molecular weight excluding hydrogens is 242 g/mol. The van der Waals surface area contributed by atoms with Crippen molar-refractivity contribution in [1.82, 2.24) is 9.88 Å². The number of amides is 2.